The summed E-state index contributed by atoms with van der Waals surface area (Å²) in [6.07, 6.45) is 6.66. The van der Waals surface area contributed by atoms with Crippen molar-refractivity contribution in [3.63, 3.8) is 0 Å². The Hall–Kier alpha value is -3.74. The first-order chi connectivity index (χ1) is 16.1. The zero-order valence-electron chi connectivity index (χ0n) is 18.8. The number of hydrogen-bond acceptors (Lipinski definition) is 5. The zero-order chi connectivity index (χ0) is 23.0. The van der Waals surface area contributed by atoms with Crippen LogP contribution in [0.3, 0.4) is 0 Å². The number of nitrogens with zero attached hydrogens (tertiary/aromatic N) is 3. The van der Waals surface area contributed by atoms with Crippen molar-refractivity contribution >= 4 is 23.2 Å². The van der Waals surface area contributed by atoms with E-state index < -0.39 is 6.04 Å². The number of benzene rings is 2. The molecule has 2 N–H and O–H groups in total. The number of nitrogens with one attached hydrogen (secondary N) is 2. The van der Waals surface area contributed by atoms with Crippen LogP contribution in [0.25, 0.3) is 11.4 Å². The number of carbonyl (C=O) groups excluding carboxylic acids is 2. The van der Waals surface area contributed by atoms with Gasteiger partial charge in [-0.1, -0.05) is 49.7 Å². The predicted molar refractivity (Wildman–Crippen MR) is 130 cm³/mol. The van der Waals surface area contributed by atoms with Crippen molar-refractivity contribution < 1.29 is 9.59 Å². The van der Waals surface area contributed by atoms with Crippen LogP contribution in [-0.2, 0) is 4.79 Å². The highest BCUT2D eigenvalue weighted by atomic mass is 16.2. The van der Waals surface area contributed by atoms with Crippen molar-refractivity contribution in [1.82, 2.24) is 15.3 Å². The second kappa shape index (κ2) is 10.7. The molecule has 1 saturated heterocycles. The van der Waals surface area contributed by atoms with Gasteiger partial charge in [-0.25, -0.2) is 9.97 Å². The Morgan fingerprint density at radius 1 is 1.00 bits per heavy atom. The molecule has 1 aliphatic rings. The van der Waals surface area contributed by atoms with E-state index in [-0.39, 0.29) is 11.8 Å². The van der Waals surface area contributed by atoms with E-state index in [9.17, 15) is 9.59 Å². The van der Waals surface area contributed by atoms with E-state index in [2.05, 4.69) is 31.6 Å². The summed E-state index contributed by atoms with van der Waals surface area (Å²) in [5, 5.41) is 5.81. The van der Waals surface area contributed by atoms with Crippen LogP contribution in [0.1, 0.15) is 43.0 Å². The van der Waals surface area contributed by atoms with E-state index in [1.54, 1.807) is 0 Å². The van der Waals surface area contributed by atoms with Crippen LogP contribution >= 0.6 is 0 Å². The molecule has 0 aliphatic carbocycles. The average molecular weight is 444 g/mol. The summed E-state index contributed by atoms with van der Waals surface area (Å²) in [5.41, 5.74) is 3.04. The quantitative estimate of drug-likeness (QED) is 0.543. The number of anilines is 2. The maximum absolute atomic E-state index is 13.0. The number of aromatic nitrogens is 2. The smallest absolute Gasteiger partial charge is 0.255 e. The largest absolute Gasteiger partial charge is 0.371 e. The van der Waals surface area contributed by atoms with Gasteiger partial charge in [0.1, 0.15) is 6.04 Å². The summed E-state index contributed by atoms with van der Waals surface area (Å²) in [5.74, 6) is -0.0486. The molecular weight excluding hydrogens is 414 g/mol. The highest BCUT2D eigenvalue weighted by Crippen LogP contribution is 2.23. The fourth-order valence-electron chi connectivity index (χ4n) is 3.97. The van der Waals surface area contributed by atoms with Crippen LogP contribution in [0.2, 0.25) is 0 Å². The molecular formula is C26H29N5O2. The lowest BCUT2D eigenvalue weighted by Crippen LogP contribution is -2.43. The summed E-state index contributed by atoms with van der Waals surface area (Å²) < 4.78 is 0. The van der Waals surface area contributed by atoms with Crippen LogP contribution in [0.4, 0.5) is 11.4 Å². The van der Waals surface area contributed by atoms with Crippen LogP contribution in [0.15, 0.2) is 67.0 Å². The number of carbonyl (C=O) groups is 2. The van der Waals surface area contributed by atoms with Gasteiger partial charge in [0.2, 0.25) is 5.91 Å². The van der Waals surface area contributed by atoms with E-state index >= 15 is 0 Å². The van der Waals surface area contributed by atoms with Crippen molar-refractivity contribution in [2.24, 2.45) is 0 Å². The Balaban J connectivity index is 1.41. The predicted octanol–water partition coefficient (Wildman–Crippen LogP) is 4.28. The van der Waals surface area contributed by atoms with Crippen molar-refractivity contribution in [2.45, 2.75) is 38.6 Å². The SMILES string of the molecule is CCCC(NC(=O)c1cnc(-c2ccccc2)nc1)C(=O)Nc1cccc(N2CCCC2)c1. The molecule has 1 atom stereocenters. The van der Waals surface area contributed by atoms with Gasteiger partial charge in [-0.05, 0) is 37.5 Å². The van der Waals surface area contributed by atoms with Gasteiger partial charge in [0.15, 0.2) is 5.82 Å². The Morgan fingerprint density at radius 3 is 2.42 bits per heavy atom. The van der Waals surface area contributed by atoms with E-state index in [0.29, 0.717) is 17.8 Å². The molecule has 1 aliphatic heterocycles. The first-order valence-electron chi connectivity index (χ1n) is 11.5. The normalized spacial score (nSPS) is 14.0. The maximum Gasteiger partial charge on any atom is 0.255 e. The van der Waals surface area contributed by atoms with Gasteiger partial charge in [0, 0.05) is 42.4 Å². The highest BCUT2D eigenvalue weighted by molar-refractivity contribution is 6.01. The third kappa shape index (κ3) is 5.74. The molecule has 7 nitrogen and oxygen atoms in total. The van der Waals surface area contributed by atoms with Crippen molar-refractivity contribution in [3.8, 4) is 11.4 Å². The summed E-state index contributed by atoms with van der Waals surface area (Å²) in [6.45, 7) is 4.06. The maximum atomic E-state index is 13.0. The molecule has 0 saturated carbocycles. The minimum atomic E-state index is -0.647. The fraction of sp³-hybridized carbons (Fsp3) is 0.308. The minimum Gasteiger partial charge on any atom is -0.371 e. The molecule has 4 rings (SSSR count). The Morgan fingerprint density at radius 2 is 1.73 bits per heavy atom. The Bertz CT molecular complexity index is 1080. The molecule has 0 spiro atoms. The second-order valence-corrected chi connectivity index (χ2v) is 8.21. The van der Waals surface area contributed by atoms with Crippen LogP contribution in [0, 0.1) is 0 Å². The summed E-state index contributed by atoms with van der Waals surface area (Å²) in [4.78, 5) is 36.7. The molecule has 2 heterocycles. The van der Waals surface area contributed by atoms with Gasteiger partial charge in [-0.15, -0.1) is 0 Å². The van der Waals surface area contributed by atoms with Gasteiger partial charge in [-0.2, -0.15) is 0 Å². The third-order valence-corrected chi connectivity index (χ3v) is 5.73. The first-order valence-corrected chi connectivity index (χ1v) is 11.5. The third-order valence-electron chi connectivity index (χ3n) is 5.73. The number of hydrogen-bond donors (Lipinski definition) is 2. The molecule has 2 amide bonds. The minimum absolute atomic E-state index is 0.231. The molecule has 1 fully saturated rings. The summed E-state index contributed by atoms with van der Waals surface area (Å²) in [7, 11) is 0. The van der Waals surface area contributed by atoms with Gasteiger partial charge < -0.3 is 15.5 Å². The van der Waals surface area contributed by atoms with Crippen molar-refractivity contribution in [3.05, 3.63) is 72.6 Å². The lowest BCUT2D eigenvalue weighted by molar-refractivity contribution is -0.118. The van der Waals surface area contributed by atoms with E-state index in [1.807, 2.05) is 55.5 Å². The van der Waals surface area contributed by atoms with Crippen LogP contribution in [-0.4, -0.2) is 40.9 Å². The molecule has 1 aromatic heterocycles. The molecule has 0 bridgehead atoms. The fourth-order valence-corrected chi connectivity index (χ4v) is 3.97. The van der Waals surface area contributed by atoms with E-state index in [1.165, 1.54) is 25.2 Å². The zero-order valence-corrected chi connectivity index (χ0v) is 18.8. The highest BCUT2D eigenvalue weighted by Gasteiger charge is 2.22. The number of rotatable bonds is 8. The average Bonchev–Trinajstić information content (AvgIpc) is 3.40. The topological polar surface area (TPSA) is 87.2 Å². The van der Waals surface area contributed by atoms with Gasteiger partial charge in [-0.3, -0.25) is 9.59 Å². The molecule has 2 aromatic carbocycles. The lowest BCUT2D eigenvalue weighted by atomic mass is 10.1. The second-order valence-electron chi connectivity index (χ2n) is 8.21. The number of amides is 2. The Kier molecular flexibility index (Phi) is 7.29. The monoisotopic (exact) mass is 443 g/mol. The molecule has 170 valence electrons. The summed E-state index contributed by atoms with van der Waals surface area (Å²) in [6, 6.07) is 16.8. The van der Waals surface area contributed by atoms with Crippen LogP contribution in [0.5, 0.6) is 0 Å². The van der Waals surface area contributed by atoms with E-state index in [0.717, 1.165) is 36.4 Å². The van der Waals surface area contributed by atoms with Gasteiger partial charge in [0.25, 0.3) is 5.91 Å². The van der Waals surface area contributed by atoms with E-state index in [4.69, 9.17) is 0 Å². The van der Waals surface area contributed by atoms with Crippen molar-refractivity contribution in [2.75, 3.05) is 23.3 Å². The van der Waals surface area contributed by atoms with Gasteiger partial charge >= 0.3 is 0 Å². The summed E-state index contributed by atoms with van der Waals surface area (Å²) >= 11 is 0. The van der Waals surface area contributed by atoms with Crippen LogP contribution < -0.4 is 15.5 Å². The lowest BCUT2D eigenvalue weighted by Gasteiger charge is -2.20. The first kappa shape index (κ1) is 22.5. The molecule has 33 heavy (non-hydrogen) atoms. The Labute approximate surface area is 194 Å². The van der Waals surface area contributed by atoms with Gasteiger partial charge in [0.05, 0.1) is 5.56 Å². The molecule has 3 aromatic rings. The molecule has 0 radical (unpaired) electrons. The molecule has 1 unspecified atom stereocenters. The standard InChI is InChI=1S/C26H29N5O2/c1-2-9-23(26(33)29-21-12-8-13-22(16-21)31-14-6-7-15-31)30-25(32)20-17-27-24(28-18-20)19-10-4-3-5-11-19/h3-5,8,10-13,16-18,23H,2,6-7,9,14-15H2,1H3,(H,29,33)(H,30,32). The van der Waals surface area contributed by atoms with Crippen molar-refractivity contribution in [1.29, 1.82) is 0 Å². The molecule has 7 heteroatoms.